The van der Waals surface area contributed by atoms with Gasteiger partial charge in [-0.2, -0.15) is 0 Å². The average molecular weight is 282 g/mol. The summed E-state index contributed by atoms with van der Waals surface area (Å²) in [4.78, 5) is 0. The minimum absolute atomic E-state index is 0.0177. The second-order valence-corrected chi connectivity index (χ2v) is 7.29. The third-order valence-electron chi connectivity index (χ3n) is 3.60. The Hall–Kier alpha value is -0.910. The highest BCUT2D eigenvalue weighted by atomic mass is 32.2. The van der Waals surface area contributed by atoms with Crippen molar-refractivity contribution in [2.24, 2.45) is 11.7 Å². The maximum absolute atomic E-state index is 12.0. The van der Waals surface area contributed by atoms with E-state index in [-0.39, 0.29) is 17.7 Å². The Bertz CT molecular complexity index is 497. The summed E-state index contributed by atoms with van der Waals surface area (Å²) in [6.45, 7) is 2.28. The van der Waals surface area contributed by atoms with Crippen LogP contribution in [-0.4, -0.2) is 26.8 Å². The molecule has 4 nitrogen and oxygen atoms in total. The lowest BCUT2D eigenvalue weighted by Crippen LogP contribution is -2.40. The molecule has 1 saturated carbocycles. The Morgan fingerprint density at radius 3 is 2.53 bits per heavy atom. The minimum Gasteiger partial charge on any atom is -0.326 e. The predicted octanol–water partition coefficient (Wildman–Crippen LogP) is 1.45. The van der Waals surface area contributed by atoms with Crippen molar-refractivity contribution < 1.29 is 8.42 Å². The lowest BCUT2D eigenvalue weighted by molar-refractivity contribution is 0.544. The highest BCUT2D eigenvalue weighted by molar-refractivity contribution is 7.89. The SMILES string of the molecule is CC(CS(=O)(=O)NCC(N)C1CC1)c1ccccc1. The zero-order chi connectivity index (χ0) is 13.9. The Balaban J connectivity index is 1.86. The van der Waals surface area contributed by atoms with Crippen LogP contribution in [0.5, 0.6) is 0 Å². The Labute approximate surface area is 115 Å². The van der Waals surface area contributed by atoms with Crippen LogP contribution < -0.4 is 10.5 Å². The molecular formula is C14H22N2O2S. The van der Waals surface area contributed by atoms with Gasteiger partial charge in [-0.05, 0) is 30.2 Å². The minimum atomic E-state index is -3.26. The molecule has 1 aliphatic carbocycles. The fraction of sp³-hybridized carbons (Fsp3) is 0.571. The summed E-state index contributed by atoms with van der Waals surface area (Å²) in [5.74, 6) is 0.596. The van der Waals surface area contributed by atoms with Gasteiger partial charge in [-0.15, -0.1) is 0 Å². The van der Waals surface area contributed by atoms with Crippen molar-refractivity contribution in [2.45, 2.75) is 31.7 Å². The zero-order valence-electron chi connectivity index (χ0n) is 11.2. The summed E-state index contributed by atoms with van der Waals surface area (Å²) in [6, 6.07) is 9.65. The second kappa shape index (κ2) is 6.03. The van der Waals surface area contributed by atoms with Gasteiger partial charge >= 0.3 is 0 Å². The molecule has 1 aromatic carbocycles. The molecule has 0 aliphatic heterocycles. The van der Waals surface area contributed by atoms with Crippen molar-refractivity contribution in [1.82, 2.24) is 4.72 Å². The molecule has 3 N–H and O–H groups in total. The van der Waals surface area contributed by atoms with E-state index >= 15 is 0 Å². The van der Waals surface area contributed by atoms with E-state index in [9.17, 15) is 8.42 Å². The van der Waals surface area contributed by atoms with Crippen LogP contribution in [0, 0.1) is 5.92 Å². The first-order valence-electron chi connectivity index (χ1n) is 6.76. The van der Waals surface area contributed by atoms with E-state index in [1.54, 1.807) is 0 Å². The molecule has 0 heterocycles. The van der Waals surface area contributed by atoms with Gasteiger partial charge in [0, 0.05) is 12.6 Å². The van der Waals surface area contributed by atoms with Crippen molar-refractivity contribution in [3.63, 3.8) is 0 Å². The van der Waals surface area contributed by atoms with Crippen molar-refractivity contribution in [3.05, 3.63) is 35.9 Å². The van der Waals surface area contributed by atoms with Crippen LogP contribution in [0.2, 0.25) is 0 Å². The first-order chi connectivity index (χ1) is 8.98. The Morgan fingerprint density at radius 1 is 1.32 bits per heavy atom. The third kappa shape index (κ3) is 4.60. The lowest BCUT2D eigenvalue weighted by Gasteiger charge is -2.15. The van der Waals surface area contributed by atoms with Gasteiger partial charge in [-0.25, -0.2) is 13.1 Å². The fourth-order valence-electron chi connectivity index (χ4n) is 2.18. The molecule has 2 atom stereocenters. The van der Waals surface area contributed by atoms with E-state index in [0.717, 1.165) is 18.4 Å². The quantitative estimate of drug-likeness (QED) is 0.795. The van der Waals surface area contributed by atoms with E-state index in [1.165, 1.54) is 0 Å². The van der Waals surface area contributed by atoms with Crippen LogP contribution in [0.25, 0.3) is 0 Å². The van der Waals surface area contributed by atoms with Crippen LogP contribution in [0.1, 0.15) is 31.2 Å². The molecule has 0 radical (unpaired) electrons. The van der Waals surface area contributed by atoms with Gasteiger partial charge < -0.3 is 5.73 Å². The van der Waals surface area contributed by atoms with E-state index in [4.69, 9.17) is 5.73 Å². The van der Waals surface area contributed by atoms with Crippen LogP contribution in [0.3, 0.4) is 0 Å². The Morgan fingerprint density at radius 2 is 1.95 bits per heavy atom. The van der Waals surface area contributed by atoms with Gasteiger partial charge in [0.2, 0.25) is 10.0 Å². The fourth-order valence-corrected chi connectivity index (χ4v) is 3.60. The summed E-state index contributed by atoms with van der Waals surface area (Å²) < 4.78 is 26.6. The molecule has 0 bridgehead atoms. The molecule has 0 aromatic heterocycles. The van der Waals surface area contributed by atoms with Crippen molar-refractivity contribution in [3.8, 4) is 0 Å². The number of hydrogen-bond acceptors (Lipinski definition) is 3. The number of benzene rings is 1. The molecule has 1 aromatic rings. The summed E-state index contributed by atoms with van der Waals surface area (Å²) >= 11 is 0. The number of nitrogens with two attached hydrogens (primary N) is 1. The molecule has 2 unspecified atom stereocenters. The van der Waals surface area contributed by atoms with Crippen LogP contribution in [0.15, 0.2) is 30.3 Å². The molecule has 2 rings (SSSR count). The maximum atomic E-state index is 12.0. The van der Waals surface area contributed by atoms with Gasteiger partial charge in [0.25, 0.3) is 0 Å². The molecule has 0 amide bonds. The monoisotopic (exact) mass is 282 g/mol. The Kier molecular flexibility index (Phi) is 4.60. The van der Waals surface area contributed by atoms with E-state index in [0.29, 0.717) is 12.5 Å². The summed E-state index contributed by atoms with van der Waals surface area (Å²) in [6.07, 6.45) is 2.26. The molecule has 0 saturated heterocycles. The molecule has 0 spiro atoms. The third-order valence-corrected chi connectivity index (χ3v) is 5.15. The number of nitrogens with one attached hydrogen (secondary N) is 1. The van der Waals surface area contributed by atoms with Gasteiger partial charge in [0.05, 0.1) is 5.75 Å². The lowest BCUT2D eigenvalue weighted by atomic mass is 10.0. The molecule has 5 heteroatoms. The highest BCUT2D eigenvalue weighted by Crippen LogP contribution is 2.31. The van der Waals surface area contributed by atoms with Gasteiger partial charge in [-0.1, -0.05) is 37.3 Å². The van der Waals surface area contributed by atoms with Crippen LogP contribution in [-0.2, 0) is 10.0 Å². The standard InChI is InChI=1S/C14H22N2O2S/c1-11(12-5-3-2-4-6-12)10-19(17,18)16-9-14(15)13-7-8-13/h2-6,11,13-14,16H,7-10,15H2,1H3. The molecule has 1 aliphatic rings. The van der Waals surface area contributed by atoms with E-state index in [1.807, 2.05) is 37.3 Å². The van der Waals surface area contributed by atoms with E-state index in [2.05, 4.69) is 4.72 Å². The van der Waals surface area contributed by atoms with Gasteiger partial charge in [-0.3, -0.25) is 0 Å². The first-order valence-corrected chi connectivity index (χ1v) is 8.41. The summed E-state index contributed by atoms with van der Waals surface area (Å²) in [7, 11) is -3.26. The molecule has 19 heavy (non-hydrogen) atoms. The number of sulfonamides is 1. The number of rotatable bonds is 7. The van der Waals surface area contributed by atoms with Crippen molar-refractivity contribution >= 4 is 10.0 Å². The predicted molar refractivity (Wildman–Crippen MR) is 77.3 cm³/mol. The van der Waals surface area contributed by atoms with Crippen molar-refractivity contribution in [2.75, 3.05) is 12.3 Å². The summed E-state index contributed by atoms with van der Waals surface area (Å²) in [5.41, 5.74) is 6.94. The highest BCUT2D eigenvalue weighted by Gasteiger charge is 2.29. The van der Waals surface area contributed by atoms with E-state index < -0.39 is 10.0 Å². The van der Waals surface area contributed by atoms with Crippen LogP contribution in [0.4, 0.5) is 0 Å². The van der Waals surface area contributed by atoms with Crippen molar-refractivity contribution in [1.29, 1.82) is 0 Å². The molecular weight excluding hydrogens is 260 g/mol. The normalized spacial score (nSPS) is 19.1. The second-order valence-electron chi connectivity index (χ2n) is 5.44. The smallest absolute Gasteiger partial charge is 0.212 e. The first kappa shape index (κ1) is 14.5. The molecule has 106 valence electrons. The zero-order valence-corrected chi connectivity index (χ0v) is 12.1. The van der Waals surface area contributed by atoms with Gasteiger partial charge in [0.1, 0.15) is 0 Å². The maximum Gasteiger partial charge on any atom is 0.212 e. The summed E-state index contributed by atoms with van der Waals surface area (Å²) in [5, 5.41) is 0. The average Bonchev–Trinajstić information content (AvgIpc) is 3.21. The van der Waals surface area contributed by atoms with Crippen LogP contribution >= 0.6 is 0 Å². The largest absolute Gasteiger partial charge is 0.326 e. The number of hydrogen-bond donors (Lipinski definition) is 2. The topological polar surface area (TPSA) is 72.2 Å². The molecule has 1 fully saturated rings. The van der Waals surface area contributed by atoms with Gasteiger partial charge in [0.15, 0.2) is 0 Å².